The Balaban J connectivity index is 2.73. The van der Waals surface area contributed by atoms with Gasteiger partial charge in [0, 0.05) is 5.54 Å². The van der Waals surface area contributed by atoms with Gasteiger partial charge in [0.15, 0.2) is 0 Å². The van der Waals surface area contributed by atoms with Crippen molar-refractivity contribution in [3.05, 3.63) is 46.5 Å². The molecule has 1 unspecified atom stereocenters. The number of carboxylic acids is 1. The average molecular weight is 253 g/mol. The van der Waals surface area contributed by atoms with Crippen molar-refractivity contribution in [1.29, 1.82) is 0 Å². The van der Waals surface area contributed by atoms with Gasteiger partial charge in [-0.05, 0) is 32.3 Å². The van der Waals surface area contributed by atoms with Crippen LogP contribution in [-0.2, 0) is 11.2 Å². The predicted molar refractivity (Wildman–Crippen MR) is 70.2 cm³/mol. The summed E-state index contributed by atoms with van der Waals surface area (Å²) in [4.78, 5) is 11.2. The Kier molecular flexibility index (Phi) is 5.23. The van der Waals surface area contributed by atoms with Crippen LogP contribution >= 0.6 is 11.6 Å². The summed E-state index contributed by atoms with van der Waals surface area (Å²) < 4.78 is 0. The molecule has 0 amide bonds. The molecule has 1 N–H and O–H groups in total. The molecule has 0 saturated heterocycles. The Morgan fingerprint density at radius 2 is 2.00 bits per heavy atom. The summed E-state index contributed by atoms with van der Waals surface area (Å²) in [5, 5.41) is 9.16. The van der Waals surface area contributed by atoms with Crippen LogP contribution in [0.5, 0.6) is 0 Å². The first-order chi connectivity index (χ1) is 8.02. The second-order valence-corrected chi connectivity index (χ2v) is 4.60. The quantitative estimate of drug-likeness (QED) is 0.866. The molecule has 17 heavy (non-hydrogen) atoms. The van der Waals surface area contributed by atoms with E-state index in [1.54, 1.807) is 0 Å². The van der Waals surface area contributed by atoms with Crippen molar-refractivity contribution < 1.29 is 9.90 Å². The molecule has 2 nitrogen and oxygen atoms in total. The molecule has 1 aromatic rings. The standard InChI is InChI=1S/C14H17ClO2/c1-10-3-5-12(6-4-10)8-13(14(16)17)7-11(2)9-15/h3-6,9,13H,7-8H2,1-2H3,(H,16,17)/b11-9-. The minimum atomic E-state index is -0.775. The SMILES string of the molecule is C/C(=C/Cl)CC(Cc1ccc(C)cc1)C(=O)O. The molecule has 0 aliphatic carbocycles. The van der Waals surface area contributed by atoms with Gasteiger partial charge in [0.1, 0.15) is 0 Å². The number of aliphatic carboxylic acids is 1. The number of hydrogen-bond donors (Lipinski definition) is 1. The molecular formula is C14H17ClO2. The highest BCUT2D eigenvalue weighted by Gasteiger charge is 2.18. The van der Waals surface area contributed by atoms with Crippen molar-refractivity contribution in [3.8, 4) is 0 Å². The lowest BCUT2D eigenvalue weighted by atomic mass is 9.93. The van der Waals surface area contributed by atoms with Gasteiger partial charge in [-0.3, -0.25) is 4.79 Å². The van der Waals surface area contributed by atoms with Gasteiger partial charge in [-0.15, -0.1) is 0 Å². The summed E-state index contributed by atoms with van der Waals surface area (Å²) in [7, 11) is 0. The molecule has 0 radical (unpaired) electrons. The molecule has 1 atom stereocenters. The fourth-order valence-corrected chi connectivity index (χ4v) is 1.78. The van der Waals surface area contributed by atoms with Gasteiger partial charge in [0.2, 0.25) is 0 Å². The number of aryl methyl sites for hydroxylation is 1. The van der Waals surface area contributed by atoms with Gasteiger partial charge in [-0.1, -0.05) is 47.0 Å². The Morgan fingerprint density at radius 3 is 2.47 bits per heavy atom. The minimum Gasteiger partial charge on any atom is -0.481 e. The molecular weight excluding hydrogens is 236 g/mol. The smallest absolute Gasteiger partial charge is 0.307 e. The molecule has 1 rings (SSSR count). The maximum absolute atomic E-state index is 11.2. The molecule has 3 heteroatoms. The van der Waals surface area contributed by atoms with Gasteiger partial charge < -0.3 is 5.11 Å². The van der Waals surface area contributed by atoms with Crippen molar-refractivity contribution in [1.82, 2.24) is 0 Å². The van der Waals surface area contributed by atoms with E-state index in [9.17, 15) is 4.79 Å². The number of rotatable bonds is 5. The molecule has 0 heterocycles. The maximum atomic E-state index is 11.2. The molecule has 92 valence electrons. The third kappa shape index (κ3) is 4.61. The van der Waals surface area contributed by atoms with E-state index in [1.165, 1.54) is 11.1 Å². The van der Waals surface area contributed by atoms with E-state index >= 15 is 0 Å². The number of allylic oxidation sites excluding steroid dienone is 1. The first-order valence-electron chi connectivity index (χ1n) is 5.57. The Hall–Kier alpha value is -1.28. The highest BCUT2D eigenvalue weighted by atomic mass is 35.5. The number of carbonyl (C=O) groups is 1. The van der Waals surface area contributed by atoms with Crippen molar-refractivity contribution in [3.63, 3.8) is 0 Å². The van der Waals surface area contributed by atoms with Crippen molar-refractivity contribution in [2.75, 3.05) is 0 Å². The lowest BCUT2D eigenvalue weighted by Crippen LogP contribution is -2.16. The van der Waals surface area contributed by atoms with E-state index < -0.39 is 11.9 Å². The Morgan fingerprint density at radius 1 is 1.41 bits per heavy atom. The number of hydrogen-bond acceptors (Lipinski definition) is 1. The summed E-state index contributed by atoms with van der Waals surface area (Å²) in [6.07, 6.45) is 1.03. The summed E-state index contributed by atoms with van der Waals surface area (Å²) >= 11 is 5.57. The van der Waals surface area contributed by atoms with Gasteiger partial charge in [0.25, 0.3) is 0 Å². The molecule has 0 aromatic heterocycles. The zero-order chi connectivity index (χ0) is 12.8. The van der Waals surface area contributed by atoms with Crippen LogP contribution in [0.25, 0.3) is 0 Å². The minimum absolute atomic E-state index is 0.410. The van der Waals surface area contributed by atoms with Gasteiger partial charge >= 0.3 is 5.97 Å². The monoisotopic (exact) mass is 252 g/mol. The lowest BCUT2D eigenvalue weighted by molar-refractivity contribution is -0.141. The van der Waals surface area contributed by atoms with Crippen LogP contribution in [0.4, 0.5) is 0 Å². The van der Waals surface area contributed by atoms with E-state index in [0.29, 0.717) is 12.8 Å². The zero-order valence-electron chi connectivity index (χ0n) is 10.1. The fraction of sp³-hybridized carbons (Fsp3) is 0.357. The third-order valence-corrected chi connectivity index (χ3v) is 3.08. The van der Waals surface area contributed by atoms with Crippen LogP contribution in [0.3, 0.4) is 0 Å². The second-order valence-electron chi connectivity index (χ2n) is 4.38. The van der Waals surface area contributed by atoms with Crippen molar-refractivity contribution >= 4 is 17.6 Å². The van der Waals surface area contributed by atoms with Crippen LogP contribution in [0.1, 0.15) is 24.5 Å². The van der Waals surface area contributed by atoms with Crippen LogP contribution in [0.2, 0.25) is 0 Å². The van der Waals surface area contributed by atoms with E-state index in [2.05, 4.69) is 0 Å². The molecule has 1 aromatic carbocycles. The topological polar surface area (TPSA) is 37.3 Å². The highest BCUT2D eigenvalue weighted by Crippen LogP contribution is 2.18. The van der Waals surface area contributed by atoms with Gasteiger partial charge in [-0.2, -0.15) is 0 Å². The predicted octanol–water partition coefficient (Wildman–Crippen LogP) is 3.77. The first kappa shape index (κ1) is 13.8. The largest absolute Gasteiger partial charge is 0.481 e. The maximum Gasteiger partial charge on any atom is 0.307 e. The lowest BCUT2D eigenvalue weighted by Gasteiger charge is -2.12. The molecule has 0 saturated carbocycles. The number of carboxylic acid groups (broad SMARTS) is 1. The summed E-state index contributed by atoms with van der Waals surface area (Å²) in [6.45, 7) is 3.86. The molecule has 0 spiro atoms. The summed E-state index contributed by atoms with van der Waals surface area (Å²) in [6, 6.07) is 7.95. The molecule has 0 fully saturated rings. The molecule has 0 aliphatic heterocycles. The van der Waals surface area contributed by atoms with Gasteiger partial charge in [-0.25, -0.2) is 0 Å². The van der Waals surface area contributed by atoms with Crippen LogP contribution in [0.15, 0.2) is 35.4 Å². The van der Waals surface area contributed by atoms with E-state index in [1.807, 2.05) is 38.1 Å². The summed E-state index contributed by atoms with van der Waals surface area (Å²) in [5.74, 6) is -1.18. The van der Waals surface area contributed by atoms with Gasteiger partial charge in [0.05, 0.1) is 5.92 Å². The van der Waals surface area contributed by atoms with Crippen LogP contribution in [0, 0.1) is 12.8 Å². The normalized spacial score (nSPS) is 13.5. The third-order valence-electron chi connectivity index (χ3n) is 2.71. The van der Waals surface area contributed by atoms with E-state index in [0.717, 1.165) is 11.1 Å². The number of halogens is 1. The van der Waals surface area contributed by atoms with E-state index in [4.69, 9.17) is 16.7 Å². The highest BCUT2D eigenvalue weighted by molar-refractivity contribution is 6.25. The van der Waals surface area contributed by atoms with Crippen LogP contribution in [-0.4, -0.2) is 11.1 Å². The Bertz CT molecular complexity index is 407. The van der Waals surface area contributed by atoms with E-state index in [-0.39, 0.29) is 0 Å². The Labute approximate surface area is 107 Å². The van der Waals surface area contributed by atoms with Crippen molar-refractivity contribution in [2.24, 2.45) is 5.92 Å². The first-order valence-corrected chi connectivity index (χ1v) is 6.00. The average Bonchev–Trinajstić information content (AvgIpc) is 2.30. The second kappa shape index (κ2) is 6.45. The zero-order valence-corrected chi connectivity index (χ0v) is 10.9. The summed E-state index contributed by atoms with van der Waals surface area (Å²) in [5.41, 5.74) is 4.57. The van der Waals surface area contributed by atoms with Crippen molar-refractivity contribution in [2.45, 2.75) is 26.7 Å². The molecule has 0 aliphatic rings. The fourth-order valence-electron chi connectivity index (χ4n) is 1.69. The number of benzene rings is 1. The molecule has 0 bridgehead atoms. The van der Waals surface area contributed by atoms with Crippen LogP contribution < -0.4 is 0 Å².